The molecule has 0 radical (unpaired) electrons. The van der Waals surface area contributed by atoms with E-state index in [2.05, 4.69) is 22.8 Å². The van der Waals surface area contributed by atoms with Gasteiger partial charge in [-0.25, -0.2) is 9.59 Å². The lowest BCUT2D eigenvalue weighted by molar-refractivity contribution is -0.147. The molecule has 9 nitrogen and oxygen atoms in total. The summed E-state index contributed by atoms with van der Waals surface area (Å²) in [7, 11) is 0. The van der Waals surface area contributed by atoms with Gasteiger partial charge in [-0.05, 0) is 22.3 Å². The van der Waals surface area contributed by atoms with Crippen LogP contribution in [-0.4, -0.2) is 67.2 Å². The second-order valence-corrected chi connectivity index (χ2v) is 7.30. The summed E-state index contributed by atoms with van der Waals surface area (Å²) >= 11 is 0. The Morgan fingerprint density at radius 2 is 1.56 bits per heavy atom. The lowest BCUT2D eigenvalue weighted by atomic mass is 9.98. The Morgan fingerprint density at radius 3 is 2.19 bits per heavy atom. The van der Waals surface area contributed by atoms with E-state index in [4.69, 9.17) is 19.7 Å². The van der Waals surface area contributed by atoms with Gasteiger partial charge in [0.25, 0.3) is 0 Å². The molecule has 0 unspecified atom stereocenters. The number of carboxylic acid groups (broad SMARTS) is 1. The minimum atomic E-state index is -1.52. The molecule has 170 valence electrons. The van der Waals surface area contributed by atoms with Gasteiger partial charge in [0.05, 0.1) is 6.61 Å². The molecule has 2 amide bonds. The monoisotopic (exact) mass is 442 g/mol. The van der Waals surface area contributed by atoms with E-state index in [1.165, 1.54) is 0 Å². The minimum absolute atomic E-state index is 0.0206. The molecular weight excluding hydrogens is 416 g/mol. The first kappa shape index (κ1) is 23.2. The highest BCUT2D eigenvalue weighted by Gasteiger charge is 2.28. The van der Waals surface area contributed by atoms with Crippen LogP contribution in [0, 0.1) is 0 Å². The standard InChI is InChI=1S/C23H26N2O7/c26-20(22(28)29)9-10-24-21(27)14-31-12-11-25-23(30)32-13-19-17-7-3-1-5-15(17)16-6-2-4-8-18(16)19/h1-8,19-20,26H,9-14H2,(H,24,27)(H,25,30)(H,28,29)/t20-/m0/s1. The topological polar surface area (TPSA) is 134 Å². The number of aliphatic hydroxyl groups is 1. The van der Waals surface area contributed by atoms with E-state index in [0.717, 1.165) is 22.3 Å². The van der Waals surface area contributed by atoms with Crippen LogP contribution in [0.5, 0.6) is 0 Å². The Hall–Kier alpha value is -3.43. The van der Waals surface area contributed by atoms with Gasteiger partial charge >= 0.3 is 12.1 Å². The first-order valence-corrected chi connectivity index (χ1v) is 10.3. The van der Waals surface area contributed by atoms with Crippen molar-refractivity contribution in [1.29, 1.82) is 0 Å². The molecule has 9 heteroatoms. The summed E-state index contributed by atoms with van der Waals surface area (Å²) in [6.07, 6.45) is -2.18. The van der Waals surface area contributed by atoms with Crippen molar-refractivity contribution in [3.05, 3.63) is 59.7 Å². The smallest absolute Gasteiger partial charge is 0.407 e. The molecule has 3 rings (SSSR count). The number of carbonyl (C=O) groups is 3. The van der Waals surface area contributed by atoms with Crippen LogP contribution in [0.1, 0.15) is 23.5 Å². The van der Waals surface area contributed by atoms with Gasteiger partial charge in [0.15, 0.2) is 6.10 Å². The number of aliphatic hydroxyl groups excluding tert-OH is 1. The number of hydrogen-bond donors (Lipinski definition) is 4. The number of carbonyl (C=O) groups excluding carboxylic acids is 2. The van der Waals surface area contributed by atoms with Gasteiger partial charge in [-0.3, -0.25) is 4.79 Å². The number of amides is 2. The predicted molar refractivity (Wildman–Crippen MR) is 115 cm³/mol. The number of nitrogens with one attached hydrogen (secondary N) is 2. The van der Waals surface area contributed by atoms with Crippen LogP contribution in [0.4, 0.5) is 4.79 Å². The highest BCUT2D eigenvalue weighted by atomic mass is 16.5. The molecular formula is C23H26N2O7. The summed E-state index contributed by atoms with van der Waals surface area (Å²) in [5.41, 5.74) is 4.57. The third-order valence-corrected chi connectivity index (χ3v) is 5.12. The molecule has 32 heavy (non-hydrogen) atoms. The van der Waals surface area contributed by atoms with Crippen LogP contribution in [0.2, 0.25) is 0 Å². The molecule has 0 bridgehead atoms. The van der Waals surface area contributed by atoms with Crippen molar-refractivity contribution < 1.29 is 34.1 Å². The van der Waals surface area contributed by atoms with E-state index in [1.807, 2.05) is 36.4 Å². The van der Waals surface area contributed by atoms with Gasteiger partial charge in [0, 0.05) is 25.4 Å². The van der Waals surface area contributed by atoms with Gasteiger partial charge in [0.1, 0.15) is 13.2 Å². The average Bonchev–Trinajstić information content (AvgIpc) is 3.11. The number of aliphatic carboxylic acids is 1. The molecule has 1 aliphatic rings. The molecule has 0 saturated heterocycles. The van der Waals surface area contributed by atoms with Gasteiger partial charge in [-0.2, -0.15) is 0 Å². The fraction of sp³-hybridized carbons (Fsp3) is 0.348. The molecule has 2 aromatic carbocycles. The van der Waals surface area contributed by atoms with Gasteiger partial charge in [-0.15, -0.1) is 0 Å². The van der Waals surface area contributed by atoms with E-state index in [0.29, 0.717) is 0 Å². The molecule has 0 aliphatic heterocycles. The van der Waals surface area contributed by atoms with Crippen molar-refractivity contribution in [2.75, 3.05) is 32.9 Å². The number of rotatable bonds is 11. The first-order chi connectivity index (χ1) is 15.5. The van der Waals surface area contributed by atoms with E-state index in [-0.39, 0.29) is 45.2 Å². The van der Waals surface area contributed by atoms with Crippen LogP contribution >= 0.6 is 0 Å². The predicted octanol–water partition coefficient (Wildman–Crippen LogP) is 1.49. The molecule has 0 fully saturated rings. The van der Waals surface area contributed by atoms with Gasteiger partial charge in [0.2, 0.25) is 5.91 Å². The van der Waals surface area contributed by atoms with Crippen molar-refractivity contribution in [2.45, 2.75) is 18.4 Å². The van der Waals surface area contributed by atoms with Crippen LogP contribution in [0.25, 0.3) is 11.1 Å². The largest absolute Gasteiger partial charge is 0.479 e. The Labute approximate surface area is 185 Å². The summed E-state index contributed by atoms with van der Waals surface area (Å²) < 4.78 is 10.6. The average molecular weight is 442 g/mol. The fourth-order valence-corrected chi connectivity index (χ4v) is 3.56. The first-order valence-electron chi connectivity index (χ1n) is 10.3. The number of ether oxygens (including phenoxy) is 2. The van der Waals surface area contributed by atoms with Crippen LogP contribution in [0.15, 0.2) is 48.5 Å². The quantitative estimate of drug-likeness (QED) is 0.387. The zero-order chi connectivity index (χ0) is 22.9. The Bertz CT molecular complexity index is 917. The zero-order valence-electron chi connectivity index (χ0n) is 17.5. The van der Waals surface area contributed by atoms with Gasteiger partial charge < -0.3 is 30.3 Å². The molecule has 0 saturated carbocycles. The molecule has 4 N–H and O–H groups in total. The lowest BCUT2D eigenvalue weighted by Crippen LogP contribution is -2.33. The molecule has 2 aromatic rings. The summed E-state index contributed by atoms with van der Waals surface area (Å²) in [6.45, 7) is 0.269. The fourth-order valence-electron chi connectivity index (χ4n) is 3.56. The summed E-state index contributed by atoms with van der Waals surface area (Å²) in [5, 5.41) is 22.7. The Balaban J connectivity index is 1.33. The number of carboxylic acids is 1. The summed E-state index contributed by atoms with van der Waals surface area (Å²) in [5.74, 6) is -1.80. The number of benzene rings is 2. The highest BCUT2D eigenvalue weighted by Crippen LogP contribution is 2.44. The molecule has 1 aliphatic carbocycles. The Morgan fingerprint density at radius 1 is 0.938 bits per heavy atom. The van der Waals surface area contributed by atoms with Crippen molar-refractivity contribution in [1.82, 2.24) is 10.6 Å². The maximum absolute atomic E-state index is 12.0. The third-order valence-electron chi connectivity index (χ3n) is 5.12. The number of hydrogen-bond acceptors (Lipinski definition) is 6. The van der Waals surface area contributed by atoms with E-state index < -0.39 is 24.1 Å². The lowest BCUT2D eigenvalue weighted by Gasteiger charge is -2.14. The second kappa shape index (κ2) is 11.3. The Kier molecular flexibility index (Phi) is 8.18. The number of alkyl carbamates (subject to hydrolysis) is 1. The third kappa shape index (κ3) is 6.05. The van der Waals surface area contributed by atoms with Crippen LogP contribution in [0.3, 0.4) is 0 Å². The summed E-state index contributed by atoms with van der Waals surface area (Å²) in [4.78, 5) is 34.1. The van der Waals surface area contributed by atoms with Crippen LogP contribution < -0.4 is 10.6 Å². The number of fused-ring (bicyclic) bond motifs is 3. The zero-order valence-corrected chi connectivity index (χ0v) is 17.5. The maximum atomic E-state index is 12.0. The van der Waals surface area contributed by atoms with E-state index in [1.54, 1.807) is 0 Å². The van der Waals surface area contributed by atoms with Crippen LogP contribution in [-0.2, 0) is 19.1 Å². The second-order valence-electron chi connectivity index (χ2n) is 7.30. The molecule has 1 atom stereocenters. The van der Waals surface area contributed by atoms with Crippen molar-refractivity contribution in [2.24, 2.45) is 0 Å². The normalized spacial score (nSPS) is 13.0. The van der Waals surface area contributed by atoms with Crippen molar-refractivity contribution in [3.8, 4) is 11.1 Å². The highest BCUT2D eigenvalue weighted by molar-refractivity contribution is 5.79. The SMILES string of the molecule is O=C(COCCNC(=O)OCC1c2ccccc2-c2ccccc21)NCC[C@H](O)C(=O)O. The van der Waals surface area contributed by atoms with Crippen molar-refractivity contribution in [3.63, 3.8) is 0 Å². The van der Waals surface area contributed by atoms with E-state index in [9.17, 15) is 14.4 Å². The van der Waals surface area contributed by atoms with Gasteiger partial charge in [-0.1, -0.05) is 48.5 Å². The molecule has 0 heterocycles. The van der Waals surface area contributed by atoms with E-state index >= 15 is 0 Å². The maximum Gasteiger partial charge on any atom is 0.407 e. The molecule has 0 spiro atoms. The summed E-state index contributed by atoms with van der Waals surface area (Å²) in [6, 6.07) is 16.1. The minimum Gasteiger partial charge on any atom is -0.479 e. The van der Waals surface area contributed by atoms with Crippen molar-refractivity contribution >= 4 is 18.0 Å². The molecule has 0 aromatic heterocycles.